The summed E-state index contributed by atoms with van der Waals surface area (Å²) in [6.07, 6.45) is -0.352. The second kappa shape index (κ2) is 5.76. The molecule has 0 radical (unpaired) electrons. The standard InChI is InChI=1S/C10H14O.C2H6/c1-7-4-5-8(2)10(6-7)9(3)11;1-2/h4-6,9,11H,1-3H3;1-2H3. The van der Waals surface area contributed by atoms with Crippen LogP contribution in [0.15, 0.2) is 18.2 Å². The normalized spacial score (nSPS) is 11.5. The first kappa shape index (κ1) is 12.2. The van der Waals surface area contributed by atoms with E-state index in [1.165, 1.54) is 5.56 Å². The third-order valence-corrected chi connectivity index (χ3v) is 1.88. The maximum atomic E-state index is 9.33. The van der Waals surface area contributed by atoms with Gasteiger partial charge in [-0.2, -0.15) is 0 Å². The zero-order chi connectivity index (χ0) is 10.4. The minimum atomic E-state index is -0.352. The van der Waals surface area contributed by atoms with Crippen molar-refractivity contribution in [2.45, 2.75) is 40.7 Å². The lowest BCUT2D eigenvalue weighted by atomic mass is 10.0. The lowest BCUT2D eigenvalue weighted by Crippen LogP contribution is -1.94. The van der Waals surface area contributed by atoms with E-state index in [1.807, 2.05) is 39.8 Å². The van der Waals surface area contributed by atoms with E-state index in [2.05, 4.69) is 6.07 Å². The molecule has 1 atom stereocenters. The first-order valence-corrected chi connectivity index (χ1v) is 4.86. The average Bonchev–Trinajstić information content (AvgIpc) is 2.12. The Hall–Kier alpha value is -0.820. The maximum absolute atomic E-state index is 9.33. The van der Waals surface area contributed by atoms with E-state index in [0.717, 1.165) is 11.1 Å². The van der Waals surface area contributed by atoms with Crippen molar-refractivity contribution in [1.82, 2.24) is 0 Å². The van der Waals surface area contributed by atoms with E-state index in [9.17, 15) is 5.11 Å². The van der Waals surface area contributed by atoms with Crippen molar-refractivity contribution >= 4 is 0 Å². The molecule has 13 heavy (non-hydrogen) atoms. The zero-order valence-corrected chi connectivity index (χ0v) is 9.26. The van der Waals surface area contributed by atoms with Crippen molar-refractivity contribution in [1.29, 1.82) is 0 Å². The molecular weight excluding hydrogens is 160 g/mol. The second-order valence-corrected chi connectivity index (χ2v) is 3.04. The van der Waals surface area contributed by atoms with Gasteiger partial charge in [-0.15, -0.1) is 0 Å². The summed E-state index contributed by atoms with van der Waals surface area (Å²) >= 11 is 0. The fourth-order valence-corrected chi connectivity index (χ4v) is 1.21. The van der Waals surface area contributed by atoms with Gasteiger partial charge in [0.2, 0.25) is 0 Å². The predicted octanol–water partition coefficient (Wildman–Crippen LogP) is 3.38. The molecule has 0 bridgehead atoms. The first-order valence-electron chi connectivity index (χ1n) is 4.86. The quantitative estimate of drug-likeness (QED) is 0.702. The Morgan fingerprint density at radius 3 is 2.08 bits per heavy atom. The number of aliphatic hydroxyl groups excluding tert-OH is 1. The van der Waals surface area contributed by atoms with Crippen molar-refractivity contribution in [3.63, 3.8) is 0 Å². The van der Waals surface area contributed by atoms with E-state index in [-0.39, 0.29) is 6.10 Å². The van der Waals surface area contributed by atoms with Gasteiger partial charge in [0.05, 0.1) is 6.10 Å². The predicted molar refractivity (Wildman–Crippen MR) is 57.9 cm³/mol. The van der Waals surface area contributed by atoms with Crippen LogP contribution in [0.4, 0.5) is 0 Å². The van der Waals surface area contributed by atoms with Gasteiger partial charge in [-0.05, 0) is 31.9 Å². The van der Waals surface area contributed by atoms with Gasteiger partial charge in [-0.3, -0.25) is 0 Å². The molecule has 0 aliphatic heterocycles. The highest BCUT2D eigenvalue weighted by Gasteiger charge is 2.03. The van der Waals surface area contributed by atoms with E-state index >= 15 is 0 Å². The van der Waals surface area contributed by atoms with Crippen LogP contribution >= 0.6 is 0 Å². The van der Waals surface area contributed by atoms with Crippen molar-refractivity contribution < 1.29 is 5.11 Å². The lowest BCUT2D eigenvalue weighted by Gasteiger charge is -2.08. The number of hydrogen-bond acceptors (Lipinski definition) is 1. The summed E-state index contributed by atoms with van der Waals surface area (Å²) < 4.78 is 0. The number of aryl methyl sites for hydroxylation is 2. The molecule has 1 N–H and O–H groups in total. The number of aliphatic hydroxyl groups is 1. The Kier molecular flexibility index (Phi) is 5.40. The molecular formula is C12H20O. The first-order chi connectivity index (χ1) is 6.11. The van der Waals surface area contributed by atoms with Gasteiger partial charge in [-0.25, -0.2) is 0 Å². The minimum absolute atomic E-state index is 0.352. The van der Waals surface area contributed by atoms with Crippen LogP contribution in [0.5, 0.6) is 0 Å². The Labute approximate surface area is 81.4 Å². The van der Waals surface area contributed by atoms with Crippen LogP contribution in [0.3, 0.4) is 0 Å². The van der Waals surface area contributed by atoms with Crippen LogP contribution in [-0.4, -0.2) is 5.11 Å². The molecule has 0 aliphatic rings. The Balaban J connectivity index is 0.000000671. The Morgan fingerprint density at radius 2 is 1.69 bits per heavy atom. The summed E-state index contributed by atoms with van der Waals surface area (Å²) in [6, 6.07) is 6.12. The summed E-state index contributed by atoms with van der Waals surface area (Å²) in [5.41, 5.74) is 3.39. The van der Waals surface area contributed by atoms with Crippen molar-refractivity contribution in [2.24, 2.45) is 0 Å². The molecule has 1 unspecified atom stereocenters. The van der Waals surface area contributed by atoms with E-state index < -0.39 is 0 Å². The van der Waals surface area contributed by atoms with Crippen LogP contribution in [0.2, 0.25) is 0 Å². The number of rotatable bonds is 1. The summed E-state index contributed by atoms with van der Waals surface area (Å²) in [4.78, 5) is 0. The van der Waals surface area contributed by atoms with Crippen molar-refractivity contribution in [3.8, 4) is 0 Å². The lowest BCUT2D eigenvalue weighted by molar-refractivity contribution is 0.198. The average molecular weight is 180 g/mol. The highest BCUT2D eigenvalue weighted by atomic mass is 16.3. The summed E-state index contributed by atoms with van der Waals surface area (Å²) in [5, 5.41) is 9.33. The molecule has 74 valence electrons. The molecule has 0 spiro atoms. The van der Waals surface area contributed by atoms with E-state index in [1.54, 1.807) is 6.92 Å². The van der Waals surface area contributed by atoms with Crippen LogP contribution in [0, 0.1) is 13.8 Å². The van der Waals surface area contributed by atoms with Crippen LogP contribution in [0.25, 0.3) is 0 Å². The number of hydrogen-bond donors (Lipinski definition) is 1. The Bertz CT molecular complexity index is 251. The fraction of sp³-hybridized carbons (Fsp3) is 0.500. The van der Waals surface area contributed by atoms with Crippen LogP contribution in [-0.2, 0) is 0 Å². The SMILES string of the molecule is CC.Cc1ccc(C)c(C(C)O)c1. The maximum Gasteiger partial charge on any atom is 0.0764 e. The van der Waals surface area contributed by atoms with Gasteiger partial charge in [0.1, 0.15) is 0 Å². The van der Waals surface area contributed by atoms with Gasteiger partial charge >= 0.3 is 0 Å². The van der Waals surface area contributed by atoms with Crippen LogP contribution < -0.4 is 0 Å². The molecule has 0 fully saturated rings. The molecule has 1 aromatic rings. The molecule has 0 aromatic heterocycles. The molecule has 0 saturated carbocycles. The van der Waals surface area contributed by atoms with Gasteiger partial charge in [0.15, 0.2) is 0 Å². The second-order valence-electron chi connectivity index (χ2n) is 3.04. The molecule has 0 heterocycles. The summed E-state index contributed by atoms with van der Waals surface area (Å²) in [5.74, 6) is 0. The Morgan fingerprint density at radius 1 is 1.15 bits per heavy atom. The van der Waals surface area contributed by atoms with E-state index in [4.69, 9.17) is 0 Å². The number of benzene rings is 1. The fourth-order valence-electron chi connectivity index (χ4n) is 1.21. The molecule has 1 nitrogen and oxygen atoms in total. The molecule has 1 heteroatoms. The van der Waals surface area contributed by atoms with Crippen molar-refractivity contribution in [3.05, 3.63) is 34.9 Å². The van der Waals surface area contributed by atoms with Crippen molar-refractivity contribution in [2.75, 3.05) is 0 Å². The summed E-state index contributed by atoms with van der Waals surface area (Å²) in [7, 11) is 0. The van der Waals surface area contributed by atoms with E-state index in [0.29, 0.717) is 0 Å². The molecule has 0 saturated heterocycles. The largest absolute Gasteiger partial charge is 0.389 e. The van der Waals surface area contributed by atoms with Crippen LogP contribution in [0.1, 0.15) is 43.6 Å². The topological polar surface area (TPSA) is 20.2 Å². The van der Waals surface area contributed by atoms with Gasteiger partial charge < -0.3 is 5.11 Å². The third-order valence-electron chi connectivity index (χ3n) is 1.88. The van der Waals surface area contributed by atoms with Gasteiger partial charge in [-0.1, -0.05) is 37.6 Å². The van der Waals surface area contributed by atoms with Gasteiger partial charge in [0, 0.05) is 0 Å². The molecule has 1 aromatic carbocycles. The molecule has 1 rings (SSSR count). The monoisotopic (exact) mass is 180 g/mol. The smallest absolute Gasteiger partial charge is 0.0764 e. The highest BCUT2D eigenvalue weighted by molar-refractivity contribution is 5.31. The third kappa shape index (κ3) is 3.60. The van der Waals surface area contributed by atoms with Gasteiger partial charge in [0.25, 0.3) is 0 Å². The zero-order valence-electron chi connectivity index (χ0n) is 9.26. The summed E-state index contributed by atoms with van der Waals surface area (Å²) in [6.45, 7) is 9.84. The molecule has 0 amide bonds. The highest BCUT2D eigenvalue weighted by Crippen LogP contribution is 2.17. The minimum Gasteiger partial charge on any atom is -0.389 e. The molecule has 0 aliphatic carbocycles.